The van der Waals surface area contributed by atoms with Crippen molar-refractivity contribution in [1.82, 2.24) is 20.4 Å². The fourth-order valence-corrected chi connectivity index (χ4v) is 3.66. The fraction of sp³-hybridized carbons (Fsp3) is 0.591. The average molecular weight is 385 g/mol. The van der Waals surface area contributed by atoms with Crippen LogP contribution in [-0.2, 0) is 6.42 Å². The van der Waals surface area contributed by atoms with E-state index in [1.54, 1.807) is 0 Å². The number of piperidine rings is 1. The molecule has 1 aromatic carbocycles. The molecule has 28 heavy (non-hydrogen) atoms. The van der Waals surface area contributed by atoms with Gasteiger partial charge in [0.05, 0.1) is 0 Å². The molecule has 1 aromatic heterocycles. The van der Waals surface area contributed by atoms with Crippen LogP contribution < -0.4 is 5.32 Å². The Morgan fingerprint density at radius 3 is 2.71 bits per heavy atom. The highest BCUT2D eigenvalue weighted by Gasteiger charge is 2.26. The largest absolute Gasteiger partial charge is 0.339 e. The second-order valence-electron chi connectivity index (χ2n) is 8.81. The molecule has 1 aliphatic heterocycles. The predicted octanol–water partition coefficient (Wildman–Crippen LogP) is 3.93. The first-order valence-corrected chi connectivity index (χ1v) is 10.3. The Labute approximate surface area is 167 Å². The van der Waals surface area contributed by atoms with Gasteiger partial charge in [-0.2, -0.15) is 4.98 Å². The quantitative estimate of drug-likeness (QED) is 0.817. The summed E-state index contributed by atoms with van der Waals surface area (Å²) in [6.07, 6.45) is 3.69. The molecule has 3 rings (SSSR count). The summed E-state index contributed by atoms with van der Waals surface area (Å²) in [4.78, 5) is 19.8. The van der Waals surface area contributed by atoms with Gasteiger partial charge in [-0.25, -0.2) is 0 Å². The van der Waals surface area contributed by atoms with Gasteiger partial charge in [-0.05, 0) is 49.9 Å². The van der Waals surface area contributed by atoms with Crippen LogP contribution in [0.3, 0.4) is 0 Å². The number of rotatable bonds is 6. The molecule has 1 fully saturated rings. The van der Waals surface area contributed by atoms with Crippen molar-refractivity contribution in [3.63, 3.8) is 0 Å². The minimum absolute atomic E-state index is 0.0805. The zero-order chi connectivity index (χ0) is 20.1. The third-order valence-electron chi connectivity index (χ3n) is 4.99. The highest BCUT2D eigenvalue weighted by molar-refractivity contribution is 5.95. The predicted molar refractivity (Wildman–Crippen MR) is 110 cm³/mol. The zero-order valence-corrected chi connectivity index (χ0v) is 17.5. The van der Waals surface area contributed by atoms with Crippen molar-refractivity contribution in [1.29, 1.82) is 0 Å². The molecule has 1 saturated heterocycles. The van der Waals surface area contributed by atoms with Gasteiger partial charge in [-0.3, -0.25) is 4.79 Å². The summed E-state index contributed by atoms with van der Waals surface area (Å²) in [6.45, 7) is 11.3. The van der Waals surface area contributed by atoms with Crippen LogP contribution in [0, 0.1) is 5.41 Å². The first kappa shape index (κ1) is 20.5. The Morgan fingerprint density at radius 1 is 1.29 bits per heavy atom. The van der Waals surface area contributed by atoms with Crippen LogP contribution in [-0.4, -0.2) is 46.6 Å². The van der Waals surface area contributed by atoms with Gasteiger partial charge in [0.15, 0.2) is 0 Å². The maximum atomic E-state index is 13.3. The van der Waals surface area contributed by atoms with Crippen molar-refractivity contribution in [2.75, 3.05) is 19.6 Å². The van der Waals surface area contributed by atoms with E-state index in [1.165, 1.54) is 0 Å². The summed E-state index contributed by atoms with van der Waals surface area (Å²) in [5, 5.41) is 7.50. The van der Waals surface area contributed by atoms with Gasteiger partial charge in [0, 0.05) is 30.1 Å². The van der Waals surface area contributed by atoms with Gasteiger partial charge >= 0.3 is 0 Å². The number of amides is 1. The van der Waals surface area contributed by atoms with Crippen LogP contribution in [0.4, 0.5) is 0 Å². The van der Waals surface area contributed by atoms with E-state index in [-0.39, 0.29) is 11.3 Å². The lowest BCUT2D eigenvalue weighted by Gasteiger charge is -2.34. The van der Waals surface area contributed by atoms with Crippen molar-refractivity contribution >= 4 is 5.91 Å². The lowest BCUT2D eigenvalue weighted by molar-refractivity contribution is 0.0642. The Hall–Kier alpha value is -2.21. The summed E-state index contributed by atoms with van der Waals surface area (Å²) >= 11 is 0. The monoisotopic (exact) mass is 384 g/mol. The molecular formula is C22H32N4O2. The molecule has 0 bridgehead atoms. The van der Waals surface area contributed by atoms with Gasteiger partial charge < -0.3 is 14.7 Å². The smallest absolute Gasteiger partial charge is 0.254 e. The van der Waals surface area contributed by atoms with E-state index in [1.807, 2.05) is 29.2 Å². The maximum absolute atomic E-state index is 13.3. The third kappa shape index (κ3) is 5.19. The van der Waals surface area contributed by atoms with E-state index in [2.05, 4.69) is 43.2 Å². The molecule has 1 aliphatic rings. The number of benzene rings is 1. The number of aromatic nitrogens is 2. The van der Waals surface area contributed by atoms with Crippen molar-refractivity contribution in [2.45, 2.75) is 59.4 Å². The van der Waals surface area contributed by atoms with Gasteiger partial charge in [0.1, 0.15) is 0 Å². The first-order valence-electron chi connectivity index (χ1n) is 10.3. The summed E-state index contributed by atoms with van der Waals surface area (Å²) < 4.78 is 5.41. The minimum Gasteiger partial charge on any atom is -0.339 e. The maximum Gasteiger partial charge on any atom is 0.254 e. The zero-order valence-electron chi connectivity index (χ0n) is 17.5. The Kier molecular flexibility index (Phi) is 6.50. The van der Waals surface area contributed by atoms with Crippen LogP contribution in [0.25, 0.3) is 11.4 Å². The van der Waals surface area contributed by atoms with Gasteiger partial charge in [0.2, 0.25) is 11.7 Å². The van der Waals surface area contributed by atoms with Crippen LogP contribution in [0.1, 0.15) is 63.2 Å². The minimum atomic E-state index is 0.0805. The number of nitrogens with zero attached hydrogens (tertiary/aromatic N) is 3. The van der Waals surface area contributed by atoms with E-state index in [0.29, 0.717) is 23.3 Å². The van der Waals surface area contributed by atoms with Crippen LogP contribution in [0.2, 0.25) is 0 Å². The van der Waals surface area contributed by atoms with Crippen LogP contribution >= 0.6 is 0 Å². The molecule has 0 unspecified atom stereocenters. The van der Waals surface area contributed by atoms with Gasteiger partial charge in [-0.1, -0.05) is 45.0 Å². The molecule has 0 atom stereocenters. The van der Waals surface area contributed by atoms with Crippen molar-refractivity contribution < 1.29 is 9.32 Å². The van der Waals surface area contributed by atoms with Crippen LogP contribution in [0.15, 0.2) is 28.8 Å². The number of nitrogens with one attached hydrogen (secondary N) is 1. The number of carbonyl (C=O) groups excluding carboxylic acids is 1. The molecule has 1 N–H and O–H groups in total. The number of hydrogen-bond acceptors (Lipinski definition) is 5. The lowest BCUT2D eigenvalue weighted by atomic mass is 9.92. The Bertz CT molecular complexity index is 788. The molecular weight excluding hydrogens is 352 g/mol. The van der Waals surface area contributed by atoms with Crippen molar-refractivity contribution in [3.8, 4) is 11.4 Å². The Morgan fingerprint density at radius 2 is 2.04 bits per heavy atom. The van der Waals surface area contributed by atoms with Crippen LogP contribution in [0.5, 0.6) is 0 Å². The summed E-state index contributed by atoms with van der Waals surface area (Å²) in [5.41, 5.74) is 1.58. The normalized spacial score (nSPS) is 15.6. The van der Waals surface area contributed by atoms with E-state index >= 15 is 0 Å². The second kappa shape index (κ2) is 8.86. The van der Waals surface area contributed by atoms with Crippen molar-refractivity contribution in [3.05, 3.63) is 35.7 Å². The third-order valence-corrected chi connectivity index (χ3v) is 4.99. The van der Waals surface area contributed by atoms with Gasteiger partial charge in [0.25, 0.3) is 5.91 Å². The lowest BCUT2D eigenvalue weighted by Crippen LogP contribution is -2.46. The Balaban J connectivity index is 1.80. The van der Waals surface area contributed by atoms with Crippen molar-refractivity contribution in [2.24, 2.45) is 5.41 Å². The molecule has 6 heteroatoms. The number of carbonyl (C=O) groups is 1. The van der Waals surface area contributed by atoms with E-state index in [0.717, 1.165) is 50.9 Å². The van der Waals surface area contributed by atoms with E-state index in [9.17, 15) is 4.79 Å². The molecule has 2 aromatic rings. The topological polar surface area (TPSA) is 71.3 Å². The molecule has 1 amide bonds. The molecule has 0 spiro atoms. The number of hydrogen-bond donors (Lipinski definition) is 1. The summed E-state index contributed by atoms with van der Waals surface area (Å²) in [7, 11) is 0. The molecule has 2 heterocycles. The van der Waals surface area contributed by atoms with E-state index in [4.69, 9.17) is 4.52 Å². The highest BCUT2D eigenvalue weighted by atomic mass is 16.5. The average Bonchev–Trinajstić information content (AvgIpc) is 3.13. The standard InChI is InChI=1S/C22H32N4O2/c1-5-13-26(18-9-11-23-12-10-18)21(27)17-8-6-7-16(14-17)20-24-19(28-25-20)15-22(2,3)4/h6-8,14,18,23H,5,9-13,15H2,1-4H3. The summed E-state index contributed by atoms with van der Waals surface area (Å²) in [5.74, 6) is 1.26. The fourth-order valence-electron chi connectivity index (χ4n) is 3.66. The SMILES string of the molecule is CCCN(C(=O)c1cccc(-c2noc(CC(C)(C)C)n2)c1)C1CCNCC1. The summed E-state index contributed by atoms with van der Waals surface area (Å²) in [6, 6.07) is 7.90. The molecule has 6 nitrogen and oxygen atoms in total. The van der Waals surface area contributed by atoms with Gasteiger partial charge in [-0.15, -0.1) is 0 Å². The molecule has 0 saturated carbocycles. The molecule has 0 radical (unpaired) electrons. The first-order chi connectivity index (χ1) is 13.4. The molecule has 152 valence electrons. The highest BCUT2D eigenvalue weighted by Crippen LogP contribution is 2.24. The molecule has 0 aliphatic carbocycles. The van der Waals surface area contributed by atoms with E-state index < -0.39 is 0 Å². The second-order valence-corrected chi connectivity index (χ2v) is 8.81.